The van der Waals surface area contributed by atoms with E-state index in [1.54, 1.807) is 18.4 Å². The summed E-state index contributed by atoms with van der Waals surface area (Å²) in [5, 5.41) is 20.5. The lowest BCUT2D eigenvalue weighted by molar-refractivity contribution is 0.616. The van der Waals surface area contributed by atoms with Crippen molar-refractivity contribution in [2.24, 2.45) is 10.8 Å². The van der Waals surface area contributed by atoms with Gasteiger partial charge in [-0.15, -0.1) is 0 Å². The lowest BCUT2D eigenvalue weighted by Gasteiger charge is -2.01. The number of para-hydroxylation sites is 1. The molecule has 0 radical (unpaired) electrons. The molecule has 6 nitrogen and oxygen atoms in total. The molecule has 0 unspecified atom stereocenters. The number of nitrogens with zero attached hydrogens (tertiary/aromatic N) is 2. The van der Waals surface area contributed by atoms with Crippen LogP contribution in [0.2, 0.25) is 0 Å². The van der Waals surface area contributed by atoms with Crippen molar-refractivity contribution in [3.63, 3.8) is 0 Å². The standard InChI is InChI=1S/C11H9N5O/c12-6-9(11(13)14)16-15-8-3-1-2-7-4-5-17-10(7)8/h1-5,15H,(H3,13,14)/b16-9+. The van der Waals surface area contributed by atoms with Gasteiger partial charge in [-0.3, -0.25) is 10.8 Å². The SMILES string of the molecule is N#C/C(=N\Nc1cccc2ccoc12)C(=N)N. The van der Waals surface area contributed by atoms with Gasteiger partial charge < -0.3 is 10.2 Å². The number of nitrogens with one attached hydrogen (secondary N) is 2. The van der Waals surface area contributed by atoms with E-state index in [9.17, 15) is 0 Å². The van der Waals surface area contributed by atoms with Crippen molar-refractivity contribution in [2.45, 2.75) is 0 Å². The highest BCUT2D eigenvalue weighted by molar-refractivity contribution is 6.45. The predicted octanol–water partition coefficient (Wildman–Crippen LogP) is 1.66. The Hall–Kier alpha value is -2.81. The lowest BCUT2D eigenvalue weighted by atomic mass is 10.2. The molecule has 1 aromatic carbocycles. The highest BCUT2D eigenvalue weighted by Gasteiger charge is 2.04. The lowest BCUT2D eigenvalue weighted by Crippen LogP contribution is -2.21. The third-order valence-corrected chi connectivity index (χ3v) is 2.13. The first-order valence-electron chi connectivity index (χ1n) is 4.77. The highest BCUT2D eigenvalue weighted by Crippen LogP contribution is 2.23. The molecule has 17 heavy (non-hydrogen) atoms. The molecular formula is C11H9N5O. The van der Waals surface area contributed by atoms with Crippen LogP contribution >= 0.6 is 0 Å². The van der Waals surface area contributed by atoms with Gasteiger partial charge in [-0.25, -0.2) is 0 Å². The zero-order valence-electron chi connectivity index (χ0n) is 8.77. The summed E-state index contributed by atoms with van der Waals surface area (Å²) in [6.07, 6.45) is 1.57. The summed E-state index contributed by atoms with van der Waals surface area (Å²) < 4.78 is 5.28. The van der Waals surface area contributed by atoms with E-state index in [-0.39, 0.29) is 11.5 Å². The second-order valence-corrected chi connectivity index (χ2v) is 3.24. The summed E-state index contributed by atoms with van der Waals surface area (Å²) in [7, 11) is 0. The Morgan fingerprint density at radius 2 is 2.29 bits per heavy atom. The molecule has 0 bridgehead atoms. The van der Waals surface area contributed by atoms with Crippen molar-refractivity contribution < 1.29 is 4.42 Å². The van der Waals surface area contributed by atoms with Crippen molar-refractivity contribution in [1.82, 2.24) is 0 Å². The normalized spacial score (nSPS) is 11.1. The van der Waals surface area contributed by atoms with Crippen LogP contribution in [0.15, 0.2) is 40.0 Å². The van der Waals surface area contributed by atoms with Gasteiger partial charge in [-0.05, 0) is 12.1 Å². The summed E-state index contributed by atoms with van der Waals surface area (Å²) >= 11 is 0. The maximum Gasteiger partial charge on any atom is 0.201 e. The van der Waals surface area contributed by atoms with Crippen molar-refractivity contribution >= 4 is 28.2 Å². The topological polar surface area (TPSA) is 111 Å². The van der Waals surface area contributed by atoms with Crippen LogP contribution in [-0.2, 0) is 0 Å². The van der Waals surface area contributed by atoms with Crippen LogP contribution in [0, 0.1) is 16.7 Å². The number of hydrogen-bond donors (Lipinski definition) is 3. The maximum atomic E-state index is 8.68. The van der Waals surface area contributed by atoms with E-state index in [1.165, 1.54) is 0 Å². The Morgan fingerprint density at radius 3 is 3.00 bits per heavy atom. The maximum absolute atomic E-state index is 8.68. The van der Waals surface area contributed by atoms with Crippen LogP contribution < -0.4 is 11.2 Å². The fraction of sp³-hybridized carbons (Fsp3) is 0. The number of nitrogens with two attached hydrogens (primary N) is 1. The third-order valence-electron chi connectivity index (χ3n) is 2.13. The highest BCUT2D eigenvalue weighted by atomic mass is 16.3. The summed E-state index contributed by atoms with van der Waals surface area (Å²) in [5.74, 6) is -0.383. The Morgan fingerprint density at radius 1 is 1.47 bits per heavy atom. The molecule has 0 atom stereocenters. The summed E-state index contributed by atoms with van der Waals surface area (Å²) in [4.78, 5) is 0. The molecular weight excluding hydrogens is 218 g/mol. The quantitative estimate of drug-likeness (QED) is 0.420. The Balaban J connectivity index is 2.34. The molecule has 84 valence electrons. The van der Waals surface area contributed by atoms with Gasteiger partial charge in [0, 0.05) is 5.39 Å². The number of rotatable bonds is 3. The molecule has 0 aliphatic carbocycles. The molecule has 0 spiro atoms. The van der Waals surface area contributed by atoms with Gasteiger partial charge in [0.2, 0.25) is 5.71 Å². The molecule has 0 amide bonds. The first-order valence-corrected chi connectivity index (χ1v) is 4.77. The van der Waals surface area contributed by atoms with Crippen LogP contribution in [0.3, 0.4) is 0 Å². The molecule has 2 rings (SSSR count). The summed E-state index contributed by atoms with van der Waals surface area (Å²) in [5.41, 5.74) is 8.90. The van der Waals surface area contributed by atoms with Crippen molar-refractivity contribution in [3.8, 4) is 6.07 Å². The predicted molar refractivity (Wildman–Crippen MR) is 64.8 cm³/mol. The molecule has 0 aliphatic heterocycles. The average molecular weight is 227 g/mol. The number of nitriles is 1. The number of amidine groups is 1. The fourth-order valence-electron chi connectivity index (χ4n) is 1.34. The minimum atomic E-state index is -0.383. The van der Waals surface area contributed by atoms with Gasteiger partial charge in [0.25, 0.3) is 0 Å². The Labute approximate surface area is 96.8 Å². The fourth-order valence-corrected chi connectivity index (χ4v) is 1.34. The smallest absolute Gasteiger partial charge is 0.201 e. The van der Waals surface area contributed by atoms with E-state index in [4.69, 9.17) is 20.8 Å². The average Bonchev–Trinajstić information content (AvgIpc) is 2.78. The molecule has 6 heteroatoms. The minimum Gasteiger partial charge on any atom is -0.462 e. The third kappa shape index (κ3) is 2.08. The summed E-state index contributed by atoms with van der Waals surface area (Å²) in [6.45, 7) is 0. The number of fused-ring (bicyclic) bond motifs is 1. The van der Waals surface area contributed by atoms with Gasteiger partial charge in [0.1, 0.15) is 6.07 Å². The van der Waals surface area contributed by atoms with Gasteiger partial charge in [0.15, 0.2) is 11.4 Å². The van der Waals surface area contributed by atoms with Crippen molar-refractivity contribution in [1.29, 1.82) is 10.7 Å². The van der Waals surface area contributed by atoms with Gasteiger partial charge in [-0.1, -0.05) is 12.1 Å². The largest absolute Gasteiger partial charge is 0.462 e. The van der Waals surface area contributed by atoms with Crippen LogP contribution in [0.4, 0.5) is 5.69 Å². The molecule has 2 aromatic rings. The van der Waals surface area contributed by atoms with Gasteiger partial charge >= 0.3 is 0 Å². The Kier molecular flexibility index (Phi) is 2.75. The van der Waals surface area contributed by atoms with Crippen molar-refractivity contribution in [3.05, 3.63) is 30.5 Å². The molecule has 0 saturated heterocycles. The van der Waals surface area contributed by atoms with Crippen molar-refractivity contribution in [2.75, 3.05) is 5.43 Å². The zero-order chi connectivity index (χ0) is 12.3. The number of hydrogen-bond acceptors (Lipinski definition) is 5. The van der Waals surface area contributed by atoms with Gasteiger partial charge in [-0.2, -0.15) is 10.4 Å². The van der Waals surface area contributed by atoms with E-state index in [2.05, 4.69) is 10.5 Å². The molecule has 4 N–H and O–H groups in total. The zero-order valence-corrected chi connectivity index (χ0v) is 8.77. The van der Waals surface area contributed by atoms with Crippen LogP contribution in [0.1, 0.15) is 0 Å². The first kappa shape index (κ1) is 10.7. The minimum absolute atomic E-state index is 0.173. The molecule has 0 aliphatic rings. The second-order valence-electron chi connectivity index (χ2n) is 3.24. The van der Waals surface area contributed by atoms with E-state index >= 15 is 0 Å². The molecule has 1 aromatic heterocycles. The van der Waals surface area contributed by atoms with E-state index in [0.717, 1.165) is 5.39 Å². The van der Waals surface area contributed by atoms with Gasteiger partial charge in [0.05, 0.1) is 12.0 Å². The number of benzene rings is 1. The van der Waals surface area contributed by atoms with Crippen LogP contribution in [0.25, 0.3) is 11.0 Å². The number of furan rings is 1. The first-order chi connectivity index (χ1) is 8.22. The van der Waals surface area contributed by atoms with E-state index in [0.29, 0.717) is 11.3 Å². The number of hydrazone groups is 1. The molecule has 1 heterocycles. The Bertz CT molecular complexity index is 635. The van der Waals surface area contributed by atoms with Crippen LogP contribution in [-0.4, -0.2) is 11.5 Å². The second kappa shape index (κ2) is 4.37. The molecule has 0 saturated carbocycles. The van der Waals surface area contributed by atoms with Crippen LogP contribution in [0.5, 0.6) is 0 Å². The molecule has 0 fully saturated rings. The van der Waals surface area contributed by atoms with E-state index in [1.807, 2.05) is 18.2 Å². The van der Waals surface area contributed by atoms with E-state index < -0.39 is 0 Å². The number of anilines is 1. The summed E-state index contributed by atoms with van der Waals surface area (Å²) in [6, 6.07) is 9.02. The monoisotopic (exact) mass is 227 g/mol.